The van der Waals surface area contributed by atoms with E-state index in [1.165, 1.54) is 0 Å². The van der Waals surface area contributed by atoms with Crippen molar-refractivity contribution in [3.05, 3.63) is 59.9 Å². The Morgan fingerprint density at radius 2 is 1.88 bits per heavy atom. The second-order valence-corrected chi connectivity index (χ2v) is 3.90. The van der Waals surface area contributed by atoms with Crippen molar-refractivity contribution in [2.24, 2.45) is 0 Å². The van der Waals surface area contributed by atoms with Gasteiger partial charge in [0.05, 0.1) is 0 Å². The van der Waals surface area contributed by atoms with E-state index in [9.17, 15) is 4.79 Å². The summed E-state index contributed by atoms with van der Waals surface area (Å²) in [6.07, 6.45) is 3.70. The maximum absolute atomic E-state index is 12.0. The predicted octanol–water partition coefficient (Wildman–Crippen LogP) is 2.96. The van der Waals surface area contributed by atoms with E-state index in [1.807, 2.05) is 53.4 Å². The number of benzene rings is 1. The van der Waals surface area contributed by atoms with Gasteiger partial charge in [0.15, 0.2) is 5.78 Å². The molecule has 0 N–H and O–H groups in total. The molecule has 0 aliphatic carbocycles. The third kappa shape index (κ3) is 2.34. The Bertz CT molecular complexity index is 476. The topological polar surface area (TPSA) is 22.0 Å². The van der Waals surface area contributed by atoms with Crippen LogP contribution < -0.4 is 0 Å². The van der Waals surface area contributed by atoms with Crippen molar-refractivity contribution < 1.29 is 4.79 Å². The van der Waals surface area contributed by atoms with E-state index in [4.69, 9.17) is 11.6 Å². The van der Waals surface area contributed by atoms with Gasteiger partial charge in [0.1, 0.15) is 0 Å². The molecule has 16 heavy (non-hydrogen) atoms. The van der Waals surface area contributed by atoms with Crippen molar-refractivity contribution in [1.29, 1.82) is 0 Å². The summed E-state index contributed by atoms with van der Waals surface area (Å²) in [5.74, 6) is 0.599. The molecule has 0 saturated carbocycles. The molecule has 0 aliphatic heterocycles. The molecule has 0 atom stereocenters. The smallest absolute Gasteiger partial charge is 0.194 e. The molecular weight excluding hydrogens is 222 g/mol. The molecule has 0 unspecified atom stereocenters. The summed E-state index contributed by atoms with van der Waals surface area (Å²) in [5, 5.41) is 0. The van der Waals surface area contributed by atoms with Crippen LogP contribution >= 0.6 is 11.6 Å². The fraction of sp³-hybridized carbons (Fsp3) is 0.154. The summed E-state index contributed by atoms with van der Waals surface area (Å²) in [5.41, 5.74) is 1.42. The number of hydrogen-bond donors (Lipinski definition) is 0. The number of aryl methyl sites for hydroxylation is 1. The van der Waals surface area contributed by atoms with Crippen molar-refractivity contribution in [2.75, 3.05) is 5.88 Å². The van der Waals surface area contributed by atoms with Crippen LogP contribution in [-0.4, -0.2) is 16.2 Å². The zero-order chi connectivity index (χ0) is 11.4. The van der Waals surface area contributed by atoms with Crippen LogP contribution in [0.5, 0.6) is 0 Å². The first kappa shape index (κ1) is 11.0. The van der Waals surface area contributed by atoms with E-state index in [0.29, 0.717) is 17.0 Å². The van der Waals surface area contributed by atoms with E-state index in [0.717, 1.165) is 6.54 Å². The van der Waals surface area contributed by atoms with Crippen LogP contribution in [-0.2, 0) is 6.54 Å². The normalized spacial score (nSPS) is 10.3. The summed E-state index contributed by atoms with van der Waals surface area (Å²) < 4.78 is 1.92. The lowest BCUT2D eigenvalue weighted by Gasteiger charge is -1.98. The minimum Gasteiger partial charge on any atom is -0.352 e. The molecule has 0 radical (unpaired) electrons. The summed E-state index contributed by atoms with van der Waals surface area (Å²) in [6, 6.07) is 11.1. The van der Waals surface area contributed by atoms with Crippen molar-refractivity contribution in [3.8, 4) is 0 Å². The van der Waals surface area contributed by atoms with Gasteiger partial charge in [-0.05, 0) is 6.07 Å². The van der Waals surface area contributed by atoms with Gasteiger partial charge in [-0.1, -0.05) is 30.3 Å². The lowest BCUT2D eigenvalue weighted by molar-refractivity contribution is 0.103. The van der Waals surface area contributed by atoms with Gasteiger partial charge in [-0.15, -0.1) is 11.6 Å². The minimum atomic E-state index is 0.0499. The van der Waals surface area contributed by atoms with Gasteiger partial charge in [-0.2, -0.15) is 0 Å². The first-order valence-electron chi connectivity index (χ1n) is 5.13. The van der Waals surface area contributed by atoms with E-state index >= 15 is 0 Å². The molecule has 2 rings (SSSR count). The van der Waals surface area contributed by atoms with Gasteiger partial charge < -0.3 is 4.57 Å². The average molecular weight is 234 g/mol. The van der Waals surface area contributed by atoms with Crippen LogP contribution in [0, 0.1) is 0 Å². The van der Waals surface area contributed by atoms with E-state index < -0.39 is 0 Å². The molecule has 3 heteroatoms. The number of hydrogen-bond acceptors (Lipinski definition) is 1. The van der Waals surface area contributed by atoms with Crippen molar-refractivity contribution >= 4 is 17.4 Å². The molecule has 0 amide bonds. The fourth-order valence-corrected chi connectivity index (χ4v) is 1.76. The van der Waals surface area contributed by atoms with Gasteiger partial charge >= 0.3 is 0 Å². The third-order valence-corrected chi connectivity index (χ3v) is 2.56. The molecule has 1 heterocycles. The Morgan fingerprint density at radius 3 is 2.56 bits per heavy atom. The van der Waals surface area contributed by atoms with Gasteiger partial charge in [-0.25, -0.2) is 0 Å². The monoisotopic (exact) mass is 233 g/mol. The van der Waals surface area contributed by atoms with Crippen LogP contribution in [0.15, 0.2) is 48.8 Å². The zero-order valence-corrected chi connectivity index (χ0v) is 9.52. The maximum Gasteiger partial charge on any atom is 0.194 e. The van der Waals surface area contributed by atoms with Crippen LogP contribution in [0.4, 0.5) is 0 Å². The van der Waals surface area contributed by atoms with Gasteiger partial charge in [0, 0.05) is 35.9 Å². The number of carbonyl (C=O) groups is 1. The SMILES string of the molecule is O=C(c1ccccc1)c1ccn(CCCl)c1. The highest BCUT2D eigenvalue weighted by Crippen LogP contribution is 2.10. The van der Waals surface area contributed by atoms with Crippen molar-refractivity contribution in [1.82, 2.24) is 4.57 Å². The van der Waals surface area contributed by atoms with Crippen LogP contribution in [0.3, 0.4) is 0 Å². The Labute approximate surface area is 99.5 Å². The highest BCUT2D eigenvalue weighted by atomic mass is 35.5. The minimum absolute atomic E-state index is 0.0499. The number of aromatic nitrogens is 1. The van der Waals surface area contributed by atoms with Crippen LogP contribution in [0.2, 0.25) is 0 Å². The Kier molecular flexibility index (Phi) is 3.42. The van der Waals surface area contributed by atoms with E-state index in [1.54, 1.807) is 0 Å². The highest BCUT2D eigenvalue weighted by molar-refractivity contribution is 6.17. The standard InChI is InChI=1S/C13H12ClNO/c14-7-9-15-8-6-12(10-15)13(16)11-4-2-1-3-5-11/h1-6,8,10H,7,9H2. The molecule has 0 fully saturated rings. The second-order valence-electron chi connectivity index (χ2n) is 3.52. The number of halogens is 1. The Hall–Kier alpha value is -1.54. The molecule has 0 spiro atoms. The molecule has 2 nitrogen and oxygen atoms in total. The van der Waals surface area contributed by atoms with Crippen LogP contribution in [0.1, 0.15) is 15.9 Å². The lowest BCUT2D eigenvalue weighted by Crippen LogP contribution is -2.00. The van der Waals surface area contributed by atoms with E-state index in [2.05, 4.69) is 0 Å². The summed E-state index contributed by atoms with van der Waals surface area (Å²) >= 11 is 5.64. The van der Waals surface area contributed by atoms with Gasteiger partial charge in [0.25, 0.3) is 0 Å². The molecule has 82 valence electrons. The van der Waals surface area contributed by atoms with E-state index in [-0.39, 0.29) is 5.78 Å². The number of carbonyl (C=O) groups excluding carboxylic acids is 1. The average Bonchev–Trinajstić information content (AvgIpc) is 2.78. The van der Waals surface area contributed by atoms with Crippen molar-refractivity contribution in [3.63, 3.8) is 0 Å². The third-order valence-electron chi connectivity index (χ3n) is 2.39. The molecule has 0 saturated heterocycles. The predicted molar refractivity (Wildman–Crippen MR) is 65.0 cm³/mol. The number of nitrogens with zero attached hydrogens (tertiary/aromatic N) is 1. The summed E-state index contributed by atoms with van der Waals surface area (Å²) in [7, 11) is 0. The second kappa shape index (κ2) is 4.99. The molecule has 1 aromatic carbocycles. The highest BCUT2D eigenvalue weighted by Gasteiger charge is 2.09. The van der Waals surface area contributed by atoms with Gasteiger partial charge in [0.2, 0.25) is 0 Å². The quantitative estimate of drug-likeness (QED) is 0.588. The summed E-state index contributed by atoms with van der Waals surface area (Å²) in [4.78, 5) is 12.0. The lowest BCUT2D eigenvalue weighted by atomic mass is 10.1. The maximum atomic E-state index is 12.0. The Balaban J connectivity index is 2.21. The first-order chi connectivity index (χ1) is 7.81. The number of alkyl halides is 1. The first-order valence-corrected chi connectivity index (χ1v) is 5.66. The number of rotatable bonds is 4. The molecule has 2 aromatic rings. The molecule has 0 aliphatic rings. The zero-order valence-electron chi connectivity index (χ0n) is 8.77. The van der Waals surface area contributed by atoms with Crippen LogP contribution in [0.25, 0.3) is 0 Å². The molecule has 0 bridgehead atoms. The Morgan fingerprint density at radius 1 is 1.12 bits per heavy atom. The largest absolute Gasteiger partial charge is 0.352 e. The van der Waals surface area contributed by atoms with Gasteiger partial charge in [-0.3, -0.25) is 4.79 Å². The molecular formula is C13H12ClNO. The fourth-order valence-electron chi connectivity index (χ4n) is 1.57. The number of ketones is 1. The molecule has 1 aromatic heterocycles. The summed E-state index contributed by atoms with van der Waals surface area (Å²) in [6.45, 7) is 0.726. The van der Waals surface area contributed by atoms with Crippen molar-refractivity contribution in [2.45, 2.75) is 6.54 Å².